The van der Waals surface area contributed by atoms with E-state index in [-0.39, 0.29) is 28.0 Å². The molecular weight excluding hydrogens is 478 g/mol. The highest BCUT2D eigenvalue weighted by Gasteiger charge is 2.19. The van der Waals surface area contributed by atoms with Crippen molar-refractivity contribution in [3.63, 3.8) is 0 Å². The molecule has 0 aliphatic heterocycles. The van der Waals surface area contributed by atoms with Crippen molar-refractivity contribution in [3.8, 4) is 5.75 Å². The Bertz CT molecular complexity index is 1760. The number of hydrogen-bond donors (Lipinski definition) is 2. The van der Waals surface area contributed by atoms with Gasteiger partial charge in [0.1, 0.15) is 22.5 Å². The molecule has 5 aromatic rings. The fraction of sp³-hybridized carbons (Fsp3) is 0.200. The van der Waals surface area contributed by atoms with E-state index in [0.717, 1.165) is 22.4 Å². The number of carbonyl (C=O) groups is 1. The van der Waals surface area contributed by atoms with Crippen molar-refractivity contribution in [2.45, 2.75) is 32.9 Å². The lowest BCUT2D eigenvalue weighted by atomic mass is 10.1. The Hall–Kier alpha value is -4.72. The number of aryl methyl sites for hydroxylation is 3. The minimum absolute atomic E-state index is 0.00797. The second-order valence-corrected chi connectivity index (χ2v) is 9.30. The molecule has 2 N–H and O–H groups in total. The SMILES string of the molecule is COc1ccc(CCn2c(=N)c(C(=O)N[C@H](C)c3ccccc3)cc3c(=O)n4cccc(C)c4nc32)cc1. The van der Waals surface area contributed by atoms with Gasteiger partial charge >= 0.3 is 0 Å². The summed E-state index contributed by atoms with van der Waals surface area (Å²) in [4.78, 5) is 31.8. The van der Waals surface area contributed by atoms with Gasteiger partial charge < -0.3 is 14.6 Å². The van der Waals surface area contributed by atoms with Gasteiger partial charge in [-0.15, -0.1) is 0 Å². The molecule has 0 spiro atoms. The van der Waals surface area contributed by atoms with Gasteiger partial charge in [0.25, 0.3) is 11.5 Å². The molecule has 0 aliphatic rings. The monoisotopic (exact) mass is 507 g/mol. The van der Waals surface area contributed by atoms with E-state index in [2.05, 4.69) is 5.32 Å². The first-order chi connectivity index (χ1) is 18.4. The van der Waals surface area contributed by atoms with Crippen LogP contribution in [0.2, 0.25) is 0 Å². The molecule has 3 aromatic heterocycles. The molecule has 8 nitrogen and oxygen atoms in total. The van der Waals surface area contributed by atoms with Crippen LogP contribution in [0.1, 0.15) is 40.0 Å². The largest absolute Gasteiger partial charge is 0.497 e. The Kier molecular flexibility index (Phi) is 6.79. The topological polar surface area (TPSA) is 101 Å². The van der Waals surface area contributed by atoms with Gasteiger partial charge in [-0.05, 0) is 61.2 Å². The number of methoxy groups -OCH3 is 1. The predicted octanol–water partition coefficient (Wildman–Crippen LogP) is 4.18. The van der Waals surface area contributed by atoms with E-state index in [1.807, 2.05) is 74.5 Å². The molecule has 0 bridgehead atoms. The minimum atomic E-state index is -0.416. The van der Waals surface area contributed by atoms with Crippen LogP contribution in [0.15, 0.2) is 83.8 Å². The maximum Gasteiger partial charge on any atom is 0.267 e. The number of carbonyl (C=O) groups excluding carboxylic acids is 1. The number of ether oxygens (including phenoxy) is 1. The molecular formula is C30H29N5O3. The molecule has 0 saturated heterocycles. The van der Waals surface area contributed by atoms with Crippen molar-refractivity contribution < 1.29 is 9.53 Å². The van der Waals surface area contributed by atoms with Crippen LogP contribution in [0, 0.1) is 12.3 Å². The average Bonchev–Trinajstić information content (AvgIpc) is 2.94. The van der Waals surface area contributed by atoms with Crippen LogP contribution in [0.25, 0.3) is 16.7 Å². The summed E-state index contributed by atoms with van der Waals surface area (Å²) < 4.78 is 8.40. The number of nitrogens with zero attached hydrogens (tertiary/aromatic N) is 3. The van der Waals surface area contributed by atoms with Gasteiger partial charge in [-0.2, -0.15) is 0 Å². The molecule has 0 saturated carbocycles. The number of pyridine rings is 2. The molecule has 192 valence electrons. The molecule has 1 amide bonds. The summed E-state index contributed by atoms with van der Waals surface area (Å²) in [6.45, 7) is 4.15. The van der Waals surface area contributed by atoms with Crippen LogP contribution in [-0.4, -0.2) is 27.0 Å². The number of nitrogens with one attached hydrogen (secondary N) is 2. The molecule has 38 heavy (non-hydrogen) atoms. The number of amides is 1. The Morgan fingerprint density at radius 2 is 1.79 bits per heavy atom. The number of hydrogen-bond acceptors (Lipinski definition) is 5. The van der Waals surface area contributed by atoms with Gasteiger partial charge in [-0.1, -0.05) is 48.5 Å². The van der Waals surface area contributed by atoms with Crippen LogP contribution in [-0.2, 0) is 13.0 Å². The highest BCUT2D eigenvalue weighted by molar-refractivity contribution is 5.97. The Morgan fingerprint density at radius 1 is 1.05 bits per heavy atom. The van der Waals surface area contributed by atoms with Crippen LogP contribution in [0.5, 0.6) is 5.75 Å². The third-order valence-electron chi connectivity index (χ3n) is 6.81. The lowest BCUT2D eigenvalue weighted by Crippen LogP contribution is -2.36. The van der Waals surface area contributed by atoms with E-state index < -0.39 is 5.91 Å². The van der Waals surface area contributed by atoms with Gasteiger partial charge in [0.15, 0.2) is 0 Å². The second kappa shape index (κ2) is 10.3. The number of rotatable bonds is 7. The summed E-state index contributed by atoms with van der Waals surface area (Å²) in [6.07, 6.45) is 2.25. The summed E-state index contributed by atoms with van der Waals surface area (Å²) in [7, 11) is 1.62. The van der Waals surface area contributed by atoms with E-state index in [1.54, 1.807) is 23.9 Å². The molecule has 0 fully saturated rings. The van der Waals surface area contributed by atoms with Crippen LogP contribution >= 0.6 is 0 Å². The van der Waals surface area contributed by atoms with E-state index in [0.29, 0.717) is 24.3 Å². The van der Waals surface area contributed by atoms with E-state index in [1.165, 1.54) is 10.5 Å². The van der Waals surface area contributed by atoms with E-state index in [4.69, 9.17) is 15.1 Å². The van der Waals surface area contributed by atoms with Crippen molar-refractivity contribution in [1.29, 1.82) is 5.41 Å². The molecule has 2 aromatic carbocycles. The highest BCUT2D eigenvalue weighted by Crippen LogP contribution is 2.17. The first kappa shape index (κ1) is 25.0. The first-order valence-electron chi connectivity index (χ1n) is 12.5. The van der Waals surface area contributed by atoms with E-state index in [9.17, 15) is 9.59 Å². The quantitative estimate of drug-likeness (QED) is 0.323. The normalized spacial score (nSPS) is 12.0. The number of fused-ring (bicyclic) bond motifs is 2. The average molecular weight is 508 g/mol. The Morgan fingerprint density at radius 3 is 2.50 bits per heavy atom. The standard InChI is InChI=1S/C30H29N5O3/c1-19-8-7-16-35-27(19)33-28-25(30(35)37)18-24(29(36)32-20(2)22-9-5-4-6-10-22)26(31)34(28)17-15-21-11-13-23(38-3)14-12-21/h4-14,16,18,20,31H,15,17H2,1-3H3,(H,32,36)/t20-/m1/s1. The molecule has 0 radical (unpaired) electrons. The van der Waals surface area contributed by atoms with Crippen molar-refractivity contribution in [1.82, 2.24) is 19.3 Å². The zero-order valence-electron chi connectivity index (χ0n) is 21.6. The summed E-state index contributed by atoms with van der Waals surface area (Å²) >= 11 is 0. The number of aromatic nitrogens is 3. The molecule has 0 aliphatic carbocycles. The molecule has 5 rings (SSSR count). The fourth-order valence-electron chi connectivity index (χ4n) is 4.62. The minimum Gasteiger partial charge on any atom is -0.497 e. The zero-order chi connectivity index (χ0) is 26.8. The molecule has 3 heterocycles. The van der Waals surface area contributed by atoms with Gasteiger partial charge in [-0.3, -0.25) is 19.4 Å². The van der Waals surface area contributed by atoms with Crippen LogP contribution in [0.4, 0.5) is 0 Å². The summed E-state index contributed by atoms with van der Waals surface area (Å²) in [5, 5.41) is 12.3. The van der Waals surface area contributed by atoms with Gasteiger partial charge in [0.05, 0.1) is 24.1 Å². The van der Waals surface area contributed by atoms with Crippen LogP contribution in [0.3, 0.4) is 0 Å². The predicted molar refractivity (Wildman–Crippen MR) is 147 cm³/mol. The fourth-order valence-corrected chi connectivity index (χ4v) is 4.62. The van der Waals surface area contributed by atoms with Gasteiger partial charge in [0, 0.05) is 12.7 Å². The smallest absolute Gasteiger partial charge is 0.267 e. The third kappa shape index (κ3) is 4.68. The van der Waals surface area contributed by atoms with Crippen molar-refractivity contribution >= 4 is 22.6 Å². The zero-order valence-corrected chi connectivity index (χ0v) is 21.6. The Labute approximate surface area is 219 Å². The molecule has 8 heteroatoms. The maximum absolute atomic E-state index is 13.6. The third-order valence-corrected chi connectivity index (χ3v) is 6.81. The van der Waals surface area contributed by atoms with Crippen LogP contribution < -0.4 is 21.1 Å². The first-order valence-corrected chi connectivity index (χ1v) is 12.5. The van der Waals surface area contributed by atoms with Gasteiger partial charge in [-0.25, -0.2) is 4.98 Å². The van der Waals surface area contributed by atoms with Crippen molar-refractivity contribution in [3.05, 3.63) is 117 Å². The molecule has 0 unspecified atom stereocenters. The summed E-state index contributed by atoms with van der Waals surface area (Å²) in [5.41, 5.74) is 3.59. The van der Waals surface area contributed by atoms with Gasteiger partial charge in [0.2, 0.25) is 0 Å². The Balaban J connectivity index is 1.63. The maximum atomic E-state index is 13.6. The molecule has 1 atom stereocenters. The van der Waals surface area contributed by atoms with E-state index >= 15 is 0 Å². The number of benzene rings is 2. The lowest BCUT2D eigenvalue weighted by molar-refractivity contribution is 0.0937. The second-order valence-electron chi connectivity index (χ2n) is 9.30. The lowest BCUT2D eigenvalue weighted by Gasteiger charge is -2.17. The highest BCUT2D eigenvalue weighted by atomic mass is 16.5. The van der Waals surface area contributed by atoms with Crippen molar-refractivity contribution in [2.75, 3.05) is 7.11 Å². The summed E-state index contributed by atoms with van der Waals surface area (Å²) in [6, 6.07) is 22.2. The summed E-state index contributed by atoms with van der Waals surface area (Å²) in [5.74, 6) is 0.344. The van der Waals surface area contributed by atoms with Crippen molar-refractivity contribution in [2.24, 2.45) is 0 Å².